The van der Waals surface area contributed by atoms with E-state index in [2.05, 4.69) is 18.1 Å². The zero-order valence-electron chi connectivity index (χ0n) is 15.3. The number of nitrogens with one attached hydrogen (secondary N) is 1. The van der Waals surface area contributed by atoms with E-state index in [1.165, 1.54) is 13.1 Å². The van der Waals surface area contributed by atoms with Crippen molar-refractivity contribution >= 4 is 49.4 Å². The topological polar surface area (TPSA) is 104 Å². The normalized spacial score (nSPS) is 21.3. The maximum Gasteiger partial charge on any atom is 0.253 e. The molecule has 1 amide bonds. The first-order valence-corrected chi connectivity index (χ1v) is 12.2. The number of thiol groups is 1. The lowest BCUT2D eigenvalue weighted by Crippen LogP contribution is -2.51. The summed E-state index contributed by atoms with van der Waals surface area (Å²) in [5.41, 5.74) is 2.23. The Kier molecular flexibility index (Phi) is 5.74. The average molecular weight is 444 g/mol. The van der Waals surface area contributed by atoms with Crippen molar-refractivity contribution in [3.63, 3.8) is 0 Å². The molecule has 28 heavy (non-hydrogen) atoms. The molecule has 152 valence electrons. The molecule has 0 bridgehead atoms. The third kappa shape index (κ3) is 4.18. The predicted molar refractivity (Wildman–Crippen MR) is 110 cm³/mol. The summed E-state index contributed by atoms with van der Waals surface area (Å²) in [6.45, 7) is 0.0545. The van der Waals surface area contributed by atoms with E-state index in [1.54, 1.807) is 12.1 Å². The highest BCUT2D eigenvalue weighted by Crippen LogP contribution is 2.30. The van der Waals surface area contributed by atoms with Crippen LogP contribution >= 0.6 is 12.6 Å². The highest BCUT2D eigenvalue weighted by Gasteiger charge is 2.43. The number of carbonyl (C=O) groups excluding carboxylic acids is 1. The van der Waals surface area contributed by atoms with E-state index >= 15 is 0 Å². The van der Waals surface area contributed by atoms with Gasteiger partial charge in [-0.05, 0) is 29.3 Å². The molecular formula is C17H21N3O5S3. The molecule has 1 heterocycles. The minimum absolute atomic E-state index is 0.0545. The van der Waals surface area contributed by atoms with E-state index in [0.717, 1.165) is 21.3 Å². The van der Waals surface area contributed by atoms with Gasteiger partial charge in [0.05, 0.1) is 11.2 Å². The van der Waals surface area contributed by atoms with Gasteiger partial charge in [0.1, 0.15) is 6.04 Å². The van der Waals surface area contributed by atoms with Crippen LogP contribution in [0.1, 0.15) is 6.42 Å². The van der Waals surface area contributed by atoms with Crippen LogP contribution in [0, 0.1) is 0 Å². The second-order valence-corrected chi connectivity index (χ2v) is 11.3. The fraction of sp³-hybridized carbons (Fsp3) is 0.353. The van der Waals surface area contributed by atoms with Gasteiger partial charge >= 0.3 is 0 Å². The van der Waals surface area contributed by atoms with Crippen LogP contribution in [0.4, 0.5) is 0 Å². The highest BCUT2D eigenvalue weighted by atomic mass is 32.2. The van der Waals surface area contributed by atoms with E-state index in [9.17, 15) is 21.6 Å². The molecule has 1 saturated heterocycles. The lowest BCUT2D eigenvalue weighted by molar-refractivity contribution is -0.126. The SMILES string of the molecule is CN(NC(=O)[C@@H]1C[C@@H](S)CN1S(=O)(=O)c1ccc2ccccc2c1)S(C)(=O)=O. The maximum atomic E-state index is 13.2. The number of hydrazine groups is 1. The Morgan fingerprint density at radius 2 is 1.79 bits per heavy atom. The molecule has 0 spiro atoms. The lowest BCUT2D eigenvalue weighted by atomic mass is 10.1. The van der Waals surface area contributed by atoms with Gasteiger partial charge in [-0.3, -0.25) is 10.2 Å². The first kappa shape index (κ1) is 21.1. The van der Waals surface area contributed by atoms with Crippen LogP contribution in [-0.2, 0) is 24.8 Å². The summed E-state index contributed by atoms with van der Waals surface area (Å²) in [6.07, 6.45) is 1.12. The number of fused-ring (bicyclic) bond motifs is 1. The molecular weight excluding hydrogens is 422 g/mol. The number of carbonyl (C=O) groups is 1. The molecule has 2 aromatic carbocycles. The van der Waals surface area contributed by atoms with Crippen LogP contribution < -0.4 is 5.43 Å². The fourth-order valence-corrected chi connectivity index (χ4v) is 5.49. The highest BCUT2D eigenvalue weighted by molar-refractivity contribution is 7.89. The first-order valence-electron chi connectivity index (χ1n) is 8.43. The van der Waals surface area contributed by atoms with Gasteiger partial charge in [0.15, 0.2) is 0 Å². The predicted octanol–water partition coefficient (Wildman–Crippen LogP) is 0.824. The summed E-state index contributed by atoms with van der Waals surface area (Å²) in [6, 6.07) is 11.1. The third-order valence-corrected chi connectivity index (χ3v) is 7.96. The van der Waals surface area contributed by atoms with Gasteiger partial charge in [0.25, 0.3) is 5.91 Å². The number of amides is 1. The Balaban J connectivity index is 1.93. The average Bonchev–Trinajstić information content (AvgIpc) is 3.03. The maximum absolute atomic E-state index is 13.2. The minimum atomic E-state index is -3.97. The molecule has 0 saturated carbocycles. The Bertz CT molecular complexity index is 1120. The van der Waals surface area contributed by atoms with Crippen LogP contribution in [0.5, 0.6) is 0 Å². The summed E-state index contributed by atoms with van der Waals surface area (Å²) in [4.78, 5) is 12.7. The number of hydrogen-bond acceptors (Lipinski definition) is 6. The Morgan fingerprint density at radius 1 is 1.14 bits per heavy atom. The molecule has 11 heteroatoms. The Morgan fingerprint density at radius 3 is 2.43 bits per heavy atom. The summed E-state index contributed by atoms with van der Waals surface area (Å²) >= 11 is 4.34. The molecule has 1 aliphatic rings. The molecule has 1 aliphatic heterocycles. The van der Waals surface area contributed by atoms with Gasteiger partial charge in [0, 0.05) is 18.8 Å². The van der Waals surface area contributed by atoms with Gasteiger partial charge in [-0.1, -0.05) is 30.3 Å². The van der Waals surface area contributed by atoms with E-state index in [0.29, 0.717) is 4.41 Å². The standard InChI is InChI=1S/C17H21N3O5S3/c1-19(27(2,22)23)18-17(21)16-10-14(26)11-20(16)28(24,25)15-8-7-12-5-3-4-6-13(12)9-15/h3-9,14,16,26H,10-11H2,1-2H3,(H,18,21)/t14-,16+/m1/s1. The van der Waals surface area contributed by atoms with Crippen molar-refractivity contribution in [2.45, 2.75) is 22.6 Å². The van der Waals surface area contributed by atoms with Crippen molar-refractivity contribution in [1.82, 2.24) is 14.1 Å². The molecule has 0 radical (unpaired) electrons. The van der Waals surface area contributed by atoms with Gasteiger partial charge in [-0.25, -0.2) is 16.8 Å². The second-order valence-electron chi connectivity index (χ2n) is 6.70. The van der Waals surface area contributed by atoms with Crippen molar-refractivity contribution in [3.8, 4) is 0 Å². The first-order chi connectivity index (χ1) is 13.0. The molecule has 2 aromatic rings. The van der Waals surface area contributed by atoms with Crippen molar-refractivity contribution in [2.24, 2.45) is 0 Å². The molecule has 3 rings (SSSR count). The van der Waals surface area contributed by atoms with Gasteiger partial charge < -0.3 is 0 Å². The molecule has 8 nitrogen and oxygen atoms in total. The molecule has 1 N–H and O–H groups in total. The number of sulfonamides is 2. The van der Waals surface area contributed by atoms with Crippen molar-refractivity contribution in [2.75, 3.05) is 19.8 Å². The van der Waals surface area contributed by atoms with Crippen molar-refractivity contribution in [3.05, 3.63) is 42.5 Å². The summed E-state index contributed by atoms with van der Waals surface area (Å²) in [5, 5.41) is 1.33. The van der Waals surface area contributed by atoms with E-state index in [4.69, 9.17) is 0 Å². The quantitative estimate of drug-likeness (QED) is 0.526. The number of benzene rings is 2. The molecule has 0 aliphatic carbocycles. The molecule has 1 fully saturated rings. The van der Waals surface area contributed by atoms with E-state index < -0.39 is 32.0 Å². The summed E-state index contributed by atoms with van der Waals surface area (Å²) in [7, 11) is -6.45. The van der Waals surface area contributed by atoms with E-state index in [1.807, 2.05) is 24.3 Å². The summed E-state index contributed by atoms with van der Waals surface area (Å²) < 4.78 is 51.2. The van der Waals surface area contributed by atoms with Crippen LogP contribution in [-0.4, -0.2) is 62.6 Å². The number of rotatable bonds is 5. The van der Waals surface area contributed by atoms with Crippen LogP contribution in [0.3, 0.4) is 0 Å². The van der Waals surface area contributed by atoms with E-state index in [-0.39, 0.29) is 23.1 Å². The van der Waals surface area contributed by atoms with Crippen LogP contribution in [0.25, 0.3) is 10.8 Å². The van der Waals surface area contributed by atoms with Gasteiger partial charge in [-0.2, -0.15) is 16.9 Å². The van der Waals surface area contributed by atoms with Gasteiger partial charge in [-0.15, -0.1) is 4.41 Å². The Hall–Kier alpha value is -1.66. The zero-order chi connectivity index (χ0) is 20.7. The Labute approximate surface area is 170 Å². The fourth-order valence-electron chi connectivity index (χ4n) is 3.06. The number of nitrogens with zero attached hydrogens (tertiary/aromatic N) is 2. The summed E-state index contributed by atoms with van der Waals surface area (Å²) in [5.74, 6) is -0.714. The molecule has 0 aromatic heterocycles. The van der Waals surface area contributed by atoms with Crippen LogP contribution in [0.2, 0.25) is 0 Å². The molecule has 2 atom stereocenters. The smallest absolute Gasteiger partial charge is 0.253 e. The number of hydrogen-bond donors (Lipinski definition) is 2. The minimum Gasteiger partial charge on any atom is -0.274 e. The third-order valence-electron chi connectivity index (χ3n) is 4.63. The zero-order valence-corrected chi connectivity index (χ0v) is 17.8. The second kappa shape index (κ2) is 7.64. The van der Waals surface area contributed by atoms with Crippen LogP contribution in [0.15, 0.2) is 47.4 Å². The lowest BCUT2D eigenvalue weighted by Gasteiger charge is -2.25. The van der Waals surface area contributed by atoms with Crippen molar-refractivity contribution < 1.29 is 21.6 Å². The van der Waals surface area contributed by atoms with Gasteiger partial charge in [0.2, 0.25) is 20.0 Å². The molecule has 0 unspecified atom stereocenters. The monoisotopic (exact) mass is 443 g/mol. The van der Waals surface area contributed by atoms with Crippen molar-refractivity contribution in [1.29, 1.82) is 0 Å². The largest absolute Gasteiger partial charge is 0.274 e.